The van der Waals surface area contributed by atoms with E-state index in [1.165, 1.54) is 17.4 Å². The third-order valence-electron chi connectivity index (χ3n) is 7.98. The quantitative estimate of drug-likeness (QED) is 0.398. The lowest BCUT2D eigenvalue weighted by Gasteiger charge is -2.32. The molecular weight excluding hydrogens is 510 g/mol. The zero-order valence-electron chi connectivity index (χ0n) is 23.0. The molecule has 4 N–H and O–H groups in total. The first-order valence-corrected chi connectivity index (χ1v) is 13.7. The first kappa shape index (κ1) is 27.4. The highest BCUT2D eigenvalue weighted by molar-refractivity contribution is 6.07. The van der Waals surface area contributed by atoms with Crippen molar-refractivity contribution in [2.24, 2.45) is 11.3 Å². The van der Waals surface area contributed by atoms with Crippen molar-refractivity contribution in [2.75, 3.05) is 11.9 Å². The van der Waals surface area contributed by atoms with Crippen LogP contribution in [0, 0.1) is 22.7 Å². The predicted octanol–water partition coefficient (Wildman–Crippen LogP) is 2.24. The van der Waals surface area contributed by atoms with Crippen molar-refractivity contribution in [3.63, 3.8) is 0 Å². The second-order valence-corrected chi connectivity index (χ2v) is 12.4. The molecule has 11 heteroatoms. The number of nitrogens with zero attached hydrogens (tertiary/aromatic N) is 3. The third kappa shape index (κ3) is 5.43. The number of aromatic nitrogens is 2. The lowest BCUT2D eigenvalue weighted by molar-refractivity contribution is -0.138. The van der Waals surface area contributed by atoms with E-state index < -0.39 is 41.3 Å². The van der Waals surface area contributed by atoms with Gasteiger partial charge in [0.05, 0.1) is 24.0 Å². The van der Waals surface area contributed by atoms with Gasteiger partial charge in [-0.15, -0.1) is 0 Å². The zero-order chi connectivity index (χ0) is 28.7. The minimum absolute atomic E-state index is 0.0471. The first-order valence-electron chi connectivity index (χ1n) is 13.7. The van der Waals surface area contributed by atoms with Gasteiger partial charge in [-0.1, -0.05) is 51.8 Å². The highest BCUT2D eigenvalue weighted by Gasteiger charge is 2.56. The summed E-state index contributed by atoms with van der Waals surface area (Å²) in [6.45, 7) is 5.95. The second-order valence-electron chi connectivity index (χ2n) is 12.4. The number of amides is 4. The van der Waals surface area contributed by atoms with Crippen LogP contribution in [0.25, 0.3) is 0 Å². The largest absolute Gasteiger partial charge is 0.342 e. The summed E-state index contributed by atoms with van der Waals surface area (Å²) in [5.74, 6) is -1.21. The number of likely N-dealkylation sites (tertiary alicyclic amines) is 1. The van der Waals surface area contributed by atoms with Gasteiger partial charge < -0.3 is 25.8 Å². The summed E-state index contributed by atoms with van der Waals surface area (Å²) < 4.78 is 0. The number of rotatable bonds is 8. The number of nitriles is 1. The number of hydrogen-bond donors (Lipinski definition) is 4. The Morgan fingerprint density at radius 2 is 1.95 bits per heavy atom. The van der Waals surface area contributed by atoms with Crippen LogP contribution in [0.4, 0.5) is 5.69 Å². The molecule has 0 unspecified atom stereocenters. The second kappa shape index (κ2) is 10.4. The summed E-state index contributed by atoms with van der Waals surface area (Å²) in [6.07, 6.45) is 5.70. The number of imidazole rings is 1. The molecule has 1 aromatic carbocycles. The summed E-state index contributed by atoms with van der Waals surface area (Å²) in [6, 6.07) is 6.95. The van der Waals surface area contributed by atoms with Crippen molar-refractivity contribution >= 4 is 29.3 Å². The Morgan fingerprint density at radius 3 is 2.60 bits per heavy atom. The van der Waals surface area contributed by atoms with E-state index in [1.54, 1.807) is 0 Å². The number of H-pyrrole nitrogens is 1. The van der Waals surface area contributed by atoms with Gasteiger partial charge in [0.1, 0.15) is 23.8 Å². The van der Waals surface area contributed by atoms with Crippen LogP contribution >= 0.6 is 0 Å². The third-order valence-corrected chi connectivity index (χ3v) is 7.98. The van der Waals surface area contributed by atoms with Crippen molar-refractivity contribution < 1.29 is 19.2 Å². The Labute approximate surface area is 233 Å². The van der Waals surface area contributed by atoms with E-state index >= 15 is 0 Å². The highest BCUT2D eigenvalue weighted by atomic mass is 16.2. The summed E-state index contributed by atoms with van der Waals surface area (Å²) in [4.78, 5) is 61.6. The van der Waals surface area contributed by atoms with Gasteiger partial charge in [0.25, 0.3) is 5.91 Å². The fraction of sp³-hybridized carbons (Fsp3) is 0.517. The lowest BCUT2D eigenvalue weighted by atomic mass is 9.80. The summed E-state index contributed by atoms with van der Waals surface area (Å²) >= 11 is 0. The number of hydrogen-bond acceptors (Lipinski definition) is 6. The Hall–Kier alpha value is -4.20. The minimum atomic E-state index is -1.02. The average molecular weight is 546 g/mol. The van der Waals surface area contributed by atoms with Crippen LogP contribution < -0.4 is 16.0 Å². The minimum Gasteiger partial charge on any atom is -0.342 e. The normalized spacial score (nSPS) is 23.2. The first-order chi connectivity index (χ1) is 19.0. The molecule has 40 heavy (non-hydrogen) atoms. The van der Waals surface area contributed by atoms with E-state index in [9.17, 15) is 24.4 Å². The fourth-order valence-corrected chi connectivity index (χ4v) is 5.81. The number of fused-ring (bicyclic) bond motifs is 2. The van der Waals surface area contributed by atoms with Crippen LogP contribution in [0.15, 0.2) is 36.8 Å². The van der Waals surface area contributed by atoms with Crippen molar-refractivity contribution in [3.05, 3.63) is 48.0 Å². The molecule has 210 valence electrons. The Morgan fingerprint density at radius 1 is 1.20 bits per heavy atom. The predicted molar refractivity (Wildman–Crippen MR) is 146 cm³/mol. The molecule has 2 aromatic rings. The van der Waals surface area contributed by atoms with Crippen molar-refractivity contribution in [1.82, 2.24) is 25.5 Å². The Bertz CT molecular complexity index is 1360. The van der Waals surface area contributed by atoms with Crippen LogP contribution in [0.2, 0.25) is 0 Å². The summed E-state index contributed by atoms with van der Waals surface area (Å²) in [5.41, 5.74) is 0.350. The van der Waals surface area contributed by atoms with Gasteiger partial charge in [-0.05, 0) is 35.8 Å². The van der Waals surface area contributed by atoms with Gasteiger partial charge in [-0.3, -0.25) is 19.2 Å². The molecule has 3 heterocycles. The maximum Gasteiger partial charge on any atom is 0.269 e. The molecule has 0 radical (unpaired) electrons. The van der Waals surface area contributed by atoms with E-state index in [4.69, 9.17) is 0 Å². The smallest absolute Gasteiger partial charge is 0.269 e. The van der Waals surface area contributed by atoms with Gasteiger partial charge in [-0.25, -0.2) is 4.98 Å². The number of nitrogens with one attached hydrogen (secondary N) is 4. The average Bonchev–Trinajstić information content (AvgIpc) is 3.30. The molecule has 1 saturated heterocycles. The van der Waals surface area contributed by atoms with Crippen LogP contribution in [0.5, 0.6) is 0 Å². The molecule has 0 bridgehead atoms. The van der Waals surface area contributed by atoms with Gasteiger partial charge >= 0.3 is 0 Å². The summed E-state index contributed by atoms with van der Waals surface area (Å²) in [7, 11) is 0. The van der Waals surface area contributed by atoms with Gasteiger partial charge in [0, 0.05) is 18.7 Å². The molecule has 2 aliphatic heterocycles. The number of para-hydroxylation sites is 1. The van der Waals surface area contributed by atoms with Crippen LogP contribution in [-0.2, 0) is 19.8 Å². The molecule has 1 aromatic heterocycles. The van der Waals surface area contributed by atoms with Gasteiger partial charge in [0.2, 0.25) is 17.7 Å². The topological polar surface area (TPSA) is 160 Å². The molecule has 3 aliphatic rings. The Balaban J connectivity index is 1.38. The molecule has 1 saturated carbocycles. The van der Waals surface area contributed by atoms with Crippen LogP contribution in [0.3, 0.4) is 0 Å². The molecule has 5 rings (SSSR count). The van der Waals surface area contributed by atoms with E-state index in [0.717, 1.165) is 18.4 Å². The summed E-state index contributed by atoms with van der Waals surface area (Å²) in [5, 5.41) is 18.6. The monoisotopic (exact) mass is 545 g/mol. The van der Waals surface area contributed by atoms with Crippen molar-refractivity contribution in [1.29, 1.82) is 5.26 Å². The molecule has 11 nitrogen and oxygen atoms in total. The van der Waals surface area contributed by atoms with E-state index in [0.29, 0.717) is 24.4 Å². The molecule has 2 fully saturated rings. The van der Waals surface area contributed by atoms with Gasteiger partial charge in [0.15, 0.2) is 0 Å². The van der Waals surface area contributed by atoms with E-state index in [-0.39, 0.29) is 30.0 Å². The highest BCUT2D eigenvalue weighted by Crippen LogP contribution is 2.46. The number of carbonyl (C=O) groups excluding carboxylic acids is 4. The fourth-order valence-electron chi connectivity index (χ4n) is 5.81. The SMILES string of the molecule is CC(C)(C)C[C@H](NC(=O)[C@H](CC1CC1)NC(=O)c1cnc[nH]1)C(=O)N1C[C@]2(C[C@H]1C#N)C(=O)Nc1ccccc12. The van der Waals surface area contributed by atoms with Crippen molar-refractivity contribution in [3.8, 4) is 6.07 Å². The number of benzene rings is 1. The van der Waals surface area contributed by atoms with E-state index in [2.05, 4.69) is 32.0 Å². The number of carbonyl (C=O) groups is 4. The molecule has 1 aliphatic carbocycles. The number of anilines is 1. The maximum absolute atomic E-state index is 14.1. The van der Waals surface area contributed by atoms with E-state index in [1.807, 2.05) is 45.0 Å². The molecule has 4 atom stereocenters. The van der Waals surface area contributed by atoms with Crippen LogP contribution in [-0.4, -0.2) is 63.2 Å². The lowest BCUT2D eigenvalue weighted by Crippen LogP contribution is -2.56. The number of aromatic amines is 1. The zero-order valence-corrected chi connectivity index (χ0v) is 23.0. The standard InChI is InChI=1S/C29H35N7O4/c1-28(2,3)12-22(34-24(37)21(10-17-8-9-17)33-25(38)23-14-31-16-32-23)26(39)36-15-29(11-18(36)13-30)19-6-4-5-7-20(19)35-27(29)40/h4-7,14,16-18,21-22H,8-12,15H2,1-3H3,(H,31,32)(H,33,38)(H,34,37)(H,35,40)/t18-,21-,22-,29-/m0/s1. The maximum atomic E-state index is 14.1. The van der Waals surface area contributed by atoms with Crippen molar-refractivity contribution in [2.45, 2.75) is 76.4 Å². The Kier molecular flexibility index (Phi) is 7.12. The molecular formula is C29H35N7O4. The molecule has 4 amide bonds. The molecule has 1 spiro atoms. The van der Waals surface area contributed by atoms with Gasteiger partial charge in [-0.2, -0.15) is 5.26 Å². The van der Waals surface area contributed by atoms with Crippen LogP contribution in [0.1, 0.15) is 68.9 Å².